The van der Waals surface area contributed by atoms with Crippen LogP contribution >= 0.6 is 0 Å². The second kappa shape index (κ2) is 7.94. The van der Waals surface area contributed by atoms with Crippen LogP contribution in [0.2, 0.25) is 0 Å². The SMILES string of the molecule is O=C(O)c1cc(O)c2c(c1)C(=O)c1cccc(O[C@@H]3OC(C(=O)O)[C@@H](O)C(O)C3O)c1C2=O. The molecule has 3 unspecified atom stereocenters. The zero-order valence-corrected chi connectivity index (χ0v) is 16.4. The van der Waals surface area contributed by atoms with Gasteiger partial charge in [-0.3, -0.25) is 9.59 Å². The summed E-state index contributed by atoms with van der Waals surface area (Å²) in [6.07, 6.45) is -9.63. The smallest absolute Gasteiger partial charge is 0.335 e. The Hall–Kier alpha value is -3.84. The second-order valence-electron chi connectivity index (χ2n) is 7.41. The maximum atomic E-state index is 13.2. The van der Waals surface area contributed by atoms with Crippen LogP contribution in [0.15, 0.2) is 30.3 Å². The molecule has 1 heterocycles. The van der Waals surface area contributed by atoms with Gasteiger partial charge >= 0.3 is 11.9 Å². The quantitative estimate of drug-likeness (QED) is 0.281. The lowest BCUT2D eigenvalue weighted by molar-refractivity contribution is -0.271. The first-order valence-electron chi connectivity index (χ1n) is 9.44. The number of carboxylic acids is 2. The molecule has 1 aliphatic carbocycles. The highest BCUT2D eigenvalue weighted by molar-refractivity contribution is 6.30. The summed E-state index contributed by atoms with van der Waals surface area (Å²) in [4.78, 5) is 48.7. The van der Waals surface area contributed by atoms with E-state index in [-0.39, 0.29) is 22.4 Å². The zero-order chi connectivity index (χ0) is 24.2. The molecule has 0 spiro atoms. The highest BCUT2D eigenvalue weighted by Crippen LogP contribution is 2.38. The van der Waals surface area contributed by atoms with E-state index in [1.165, 1.54) is 18.2 Å². The Morgan fingerprint density at radius 3 is 2.21 bits per heavy atom. The van der Waals surface area contributed by atoms with Crippen molar-refractivity contribution in [2.75, 3.05) is 0 Å². The number of phenolic OH excluding ortho intramolecular Hbond substituents is 1. The maximum Gasteiger partial charge on any atom is 0.335 e. The molecule has 2 aliphatic rings. The van der Waals surface area contributed by atoms with Crippen LogP contribution in [0.1, 0.15) is 42.2 Å². The van der Waals surface area contributed by atoms with Crippen molar-refractivity contribution >= 4 is 23.5 Å². The molecule has 33 heavy (non-hydrogen) atoms. The molecule has 1 aliphatic heterocycles. The van der Waals surface area contributed by atoms with E-state index in [0.717, 1.165) is 12.1 Å². The first kappa shape index (κ1) is 22.4. The van der Waals surface area contributed by atoms with Gasteiger partial charge in [-0.2, -0.15) is 0 Å². The number of ketones is 2. The van der Waals surface area contributed by atoms with Crippen molar-refractivity contribution in [3.8, 4) is 11.5 Å². The number of rotatable bonds is 4. The Morgan fingerprint density at radius 1 is 0.879 bits per heavy atom. The first-order valence-corrected chi connectivity index (χ1v) is 9.44. The minimum Gasteiger partial charge on any atom is -0.507 e. The lowest BCUT2D eigenvalue weighted by Crippen LogP contribution is -2.61. The zero-order valence-electron chi connectivity index (χ0n) is 16.4. The number of carboxylic acid groups (broad SMARTS) is 2. The van der Waals surface area contributed by atoms with Crippen LogP contribution in [0.5, 0.6) is 11.5 Å². The number of aliphatic hydroxyl groups is 3. The van der Waals surface area contributed by atoms with Crippen LogP contribution in [0.3, 0.4) is 0 Å². The third-order valence-corrected chi connectivity index (χ3v) is 5.39. The van der Waals surface area contributed by atoms with Gasteiger partial charge in [0.15, 0.2) is 11.9 Å². The summed E-state index contributed by atoms with van der Waals surface area (Å²) in [7, 11) is 0. The summed E-state index contributed by atoms with van der Waals surface area (Å²) in [6.45, 7) is 0. The normalized spacial score (nSPS) is 26.3. The third kappa shape index (κ3) is 3.50. The molecule has 0 amide bonds. The minimum absolute atomic E-state index is 0.201. The number of hydrogen-bond acceptors (Lipinski definition) is 10. The number of aromatic carboxylic acids is 1. The number of carbonyl (C=O) groups is 4. The second-order valence-corrected chi connectivity index (χ2v) is 7.41. The van der Waals surface area contributed by atoms with E-state index < -0.39 is 71.1 Å². The van der Waals surface area contributed by atoms with Crippen LogP contribution in [0.4, 0.5) is 0 Å². The number of phenols is 1. The van der Waals surface area contributed by atoms with E-state index in [1.54, 1.807) is 0 Å². The number of aliphatic hydroxyl groups excluding tert-OH is 3. The molecule has 12 nitrogen and oxygen atoms in total. The molecule has 2 aromatic rings. The van der Waals surface area contributed by atoms with Crippen molar-refractivity contribution in [3.63, 3.8) is 0 Å². The average molecular weight is 460 g/mol. The van der Waals surface area contributed by atoms with Crippen molar-refractivity contribution in [2.45, 2.75) is 30.7 Å². The van der Waals surface area contributed by atoms with Crippen molar-refractivity contribution in [3.05, 3.63) is 58.1 Å². The van der Waals surface area contributed by atoms with Gasteiger partial charge in [-0.1, -0.05) is 12.1 Å². The highest BCUT2D eigenvalue weighted by Gasteiger charge is 2.48. The van der Waals surface area contributed by atoms with Crippen LogP contribution in [0, 0.1) is 0 Å². The number of hydrogen-bond donors (Lipinski definition) is 6. The monoisotopic (exact) mass is 460 g/mol. The van der Waals surface area contributed by atoms with Crippen molar-refractivity contribution in [1.82, 2.24) is 0 Å². The Balaban J connectivity index is 1.76. The molecule has 5 atom stereocenters. The number of ether oxygens (including phenoxy) is 2. The number of aliphatic carboxylic acids is 1. The van der Waals surface area contributed by atoms with E-state index in [9.17, 15) is 39.6 Å². The fourth-order valence-electron chi connectivity index (χ4n) is 3.77. The van der Waals surface area contributed by atoms with Gasteiger partial charge in [-0.25, -0.2) is 9.59 Å². The molecule has 6 N–H and O–H groups in total. The molecular weight excluding hydrogens is 444 g/mol. The van der Waals surface area contributed by atoms with Crippen molar-refractivity contribution in [1.29, 1.82) is 0 Å². The largest absolute Gasteiger partial charge is 0.507 e. The van der Waals surface area contributed by atoms with Crippen molar-refractivity contribution in [2.24, 2.45) is 0 Å². The van der Waals surface area contributed by atoms with Crippen LogP contribution < -0.4 is 4.74 Å². The van der Waals surface area contributed by atoms with Gasteiger partial charge in [-0.05, 0) is 18.2 Å². The molecule has 0 bridgehead atoms. The summed E-state index contributed by atoms with van der Waals surface area (Å²) in [5.41, 5.74) is -1.75. The van der Waals surface area contributed by atoms with E-state index in [2.05, 4.69) is 0 Å². The molecule has 12 heteroatoms. The predicted molar refractivity (Wildman–Crippen MR) is 103 cm³/mol. The van der Waals surface area contributed by atoms with E-state index in [0.29, 0.717) is 0 Å². The fraction of sp³-hybridized carbons (Fsp3) is 0.238. The summed E-state index contributed by atoms with van der Waals surface area (Å²) in [5, 5.41) is 58.5. The van der Waals surface area contributed by atoms with Gasteiger partial charge in [0.1, 0.15) is 29.8 Å². The lowest BCUT2D eigenvalue weighted by atomic mass is 9.82. The maximum absolute atomic E-state index is 13.2. The number of aromatic hydroxyl groups is 1. The molecule has 2 aromatic carbocycles. The van der Waals surface area contributed by atoms with E-state index in [4.69, 9.17) is 19.7 Å². The van der Waals surface area contributed by atoms with Crippen LogP contribution in [0.25, 0.3) is 0 Å². The molecule has 0 radical (unpaired) electrons. The minimum atomic E-state index is -1.96. The Kier molecular flexibility index (Phi) is 5.38. The van der Waals surface area contributed by atoms with Crippen LogP contribution in [-0.4, -0.2) is 84.9 Å². The topological polar surface area (TPSA) is 208 Å². The molecule has 4 rings (SSSR count). The van der Waals surface area contributed by atoms with E-state index in [1.807, 2.05) is 0 Å². The highest BCUT2D eigenvalue weighted by atomic mass is 16.7. The molecule has 172 valence electrons. The molecule has 0 aromatic heterocycles. The van der Waals surface area contributed by atoms with Gasteiger partial charge < -0.3 is 40.1 Å². The van der Waals surface area contributed by atoms with Gasteiger partial charge in [0.25, 0.3) is 0 Å². The van der Waals surface area contributed by atoms with Gasteiger partial charge in [0.05, 0.1) is 16.7 Å². The standard InChI is InChI=1S/C21H16O12/c22-9-5-6(19(28)29)4-8-11(9)14(24)12-7(13(8)23)2-1-3-10(12)32-21-17(27)15(25)16(26)18(33-21)20(30)31/h1-5,15-18,21-22,25-27H,(H,28,29)(H,30,31)/t15?,16-,17?,18?,21+/m0/s1. The van der Waals surface area contributed by atoms with E-state index >= 15 is 0 Å². The summed E-state index contributed by atoms with van der Waals surface area (Å²) in [5.74, 6) is -5.83. The Bertz CT molecular complexity index is 1200. The lowest BCUT2D eigenvalue weighted by Gasteiger charge is -2.38. The Labute approximate surface area is 183 Å². The number of benzene rings is 2. The van der Waals surface area contributed by atoms with Crippen LogP contribution in [-0.2, 0) is 9.53 Å². The van der Waals surface area contributed by atoms with Gasteiger partial charge in [0, 0.05) is 11.1 Å². The summed E-state index contributed by atoms with van der Waals surface area (Å²) < 4.78 is 10.5. The van der Waals surface area contributed by atoms with Gasteiger partial charge in [0.2, 0.25) is 12.1 Å². The molecular formula is C21H16O12. The third-order valence-electron chi connectivity index (χ3n) is 5.39. The first-order chi connectivity index (χ1) is 15.5. The molecule has 0 saturated carbocycles. The number of carbonyl (C=O) groups excluding carboxylic acids is 2. The Morgan fingerprint density at radius 2 is 1.58 bits per heavy atom. The van der Waals surface area contributed by atoms with Crippen molar-refractivity contribution < 1.29 is 59.3 Å². The summed E-state index contributed by atoms with van der Waals surface area (Å²) >= 11 is 0. The molecule has 1 fully saturated rings. The fourth-order valence-corrected chi connectivity index (χ4v) is 3.77. The summed E-state index contributed by atoms with van der Waals surface area (Å²) in [6, 6.07) is 5.54. The number of fused-ring (bicyclic) bond motifs is 2. The average Bonchev–Trinajstić information content (AvgIpc) is 2.76. The van der Waals surface area contributed by atoms with Gasteiger partial charge in [-0.15, -0.1) is 0 Å². The predicted octanol–water partition coefficient (Wildman–Crippen LogP) is -0.863. The molecule has 1 saturated heterocycles.